The van der Waals surface area contributed by atoms with Gasteiger partial charge in [-0.05, 0) is 49.5 Å². The van der Waals surface area contributed by atoms with E-state index < -0.39 is 0 Å². The Morgan fingerprint density at radius 2 is 2.15 bits per heavy atom. The molecular formula is C20H27N3O2S2. The van der Waals surface area contributed by atoms with Gasteiger partial charge in [0.1, 0.15) is 4.83 Å². The first-order valence-electron chi connectivity index (χ1n) is 9.89. The van der Waals surface area contributed by atoms with Gasteiger partial charge in [0.2, 0.25) is 5.91 Å². The van der Waals surface area contributed by atoms with E-state index in [1.54, 1.807) is 15.9 Å². The summed E-state index contributed by atoms with van der Waals surface area (Å²) in [7, 11) is 0. The monoisotopic (exact) mass is 405 g/mol. The molecule has 0 spiro atoms. The van der Waals surface area contributed by atoms with Crippen molar-refractivity contribution < 1.29 is 4.79 Å². The smallest absolute Gasteiger partial charge is 0.263 e. The molecule has 1 unspecified atom stereocenters. The first kappa shape index (κ1) is 19.0. The minimum absolute atomic E-state index is 0.0345. The second-order valence-electron chi connectivity index (χ2n) is 8.37. The molecule has 1 atom stereocenters. The van der Waals surface area contributed by atoms with Crippen LogP contribution in [0, 0.1) is 11.8 Å². The number of nitrogens with one attached hydrogen (secondary N) is 1. The molecule has 2 aromatic heterocycles. The third kappa shape index (κ3) is 4.09. The number of fused-ring (bicyclic) bond motifs is 3. The van der Waals surface area contributed by atoms with Crippen molar-refractivity contribution in [1.82, 2.24) is 14.9 Å². The highest BCUT2D eigenvalue weighted by atomic mass is 32.2. The molecule has 0 bridgehead atoms. The van der Waals surface area contributed by atoms with E-state index in [0.717, 1.165) is 42.3 Å². The SMILES string of the molecule is CC(C)Cn1c(SCC(=O)NC2CC2)nc2sc3c(c2c1=O)CCC(C)C3. The number of aryl methyl sites for hydroxylation is 1. The molecule has 2 aromatic rings. The zero-order chi connectivity index (χ0) is 19.1. The fourth-order valence-electron chi connectivity index (χ4n) is 3.67. The zero-order valence-electron chi connectivity index (χ0n) is 16.2. The van der Waals surface area contributed by atoms with Crippen LogP contribution < -0.4 is 10.9 Å². The summed E-state index contributed by atoms with van der Waals surface area (Å²) in [5, 5.41) is 4.52. The fourth-order valence-corrected chi connectivity index (χ4v) is 5.91. The highest BCUT2D eigenvalue weighted by Crippen LogP contribution is 2.36. The summed E-state index contributed by atoms with van der Waals surface area (Å²) in [6, 6.07) is 0.359. The topological polar surface area (TPSA) is 64.0 Å². The van der Waals surface area contributed by atoms with Gasteiger partial charge in [0, 0.05) is 17.5 Å². The number of carbonyl (C=O) groups is 1. The lowest BCUT2D eigenvalue weighted by molar-refractivity contribution is -0.118. The third-order valence-electron chi connectivity index (χ3n) is 5.20. The van der Waals surface area contributed by atoms with Gasteiger partial charge in [0.15, 0.2) is 5.16 Å². The molecule has 0 aliphatic heterocycles. The molecule has 27 heavy (non-hydrogen) atoms. The van der Waals surface area contributed by atoms with E-state index in [2.05, 4.69) is 26.1 Å². The molecule has 0 aromatic carbocycles. The van der Waals surface area contributed by atoms with Crippen LogP contribution in [0.3, 0.4) is 0 Å². The number of hydrogen-bond donors (Lipinski definition) is 1. The number of hydrogen-bond acceptors (Lipinski definition) is 5. The highest BCUT2D eigenvalue weighted by molar-refractivity contribution is 7.99. The van der Waals surface area contributed by atoms with Crippen molar-refractivity contribution >= 4 is 39.2 Å². The maximum atomic E-state index is 13.3. The molecule has 1 saturated carbocycles. The van der Waals surface area contributed by atoms with E-state index in [9.17, 15) is 9.59 Å². The lowest BCUT2D eigenvalue weighted by atomic mass is 9.89. The van der Waals surface area contributed by atoms with E-state index in [-0.39, 0.29) is 11.5 Å². The minimum atomic E-state index is 0.0345. The van der Waals surface area contributed by atoms with Gasteiger partial charge >= 0.3 is 0 Å². The first-order chi connectivity index (χ1) is 12.9. The van der Waals surface area contributed by atoms with Crippen molar-refractivity contribution in [2.75, 3.05) is 5.75 Å². The van der Waals surface area contributed by atoms with Crippen molar-refractivity contribution in [2.24, 2.45) is 11.8 Å². The average molecular weight is 406 g/mol. The van der Waals surface area contributed by atoms with Crippen LogP contribution in [0.25, 0.3) is 10.2 Å². The molecule has 7 heteroatoms. The Labute approximate surface area is 167 Å². The van der Waals surface area contributed by atoms with Crippen molar-refractivity contribution in [3.63, 3.8) is 0 Å². The Bertz CT molecular complexity index is 927. The van der Waals surface area contributed by atoms with Crippen LogP contribution >= 0.6 is 23.1 Å². The van der Waals surface area contributed by atoms with E-state index >= 15 is 0 Å². The van der Waals surface area contributed by atoms with Gasteiger partial charge in [0.05, 0.1) is 11.1 Å². The van der Waals surface area contributed by atoms with Gasteiger partial charge in [0.25, 0.3) is 5.56 Å². The van der Waals surface area contributed by atoms with Crippen LogP contribution in [0.4, 0.5) is 0 Å². The van der Waals surface area contributed by atoms with Gasteiger partial charge in [-0.2, -0.15) is 0 Å². The van der Waals surface area contributed by atoms with Gasteiger partial charge in [-0.15, -0.1) is 11.3 Å². The number of rotatable bonds is 6. The molecule has 5 nitrogen and oxygen atoms in total. The largest absolute Gasteiger partial charge is 0.353 e. The predicted molar refractivity (Wildman–Crippen MR) is 112 cm³/mol. The number of aromatic nitrogens is 2. The number of nitrogens with zero attached hydrogens (tertiary/aromatic N) is 2. The van der Waals surface area contributed by atoms with Crippen LogP contribution in [0.5, 0.6) is 0 Å². The van der Waals surface area contributed by atoms with Gasteiger partial charge in [-0.3, -0.25) is 14.2 Å². The molecule has 1 N–H and O–H groups in total. The third-order valence-corrected chi connectivity index (χ3v) is 7.33. The second kappa shape index (κ2) is 7.59. The molecule has 1 amide bonds. The van der Waals surface area contributed by atoms with E-state index in [1.807, 2.05) is 0 Å². The molecular weight excluding hydrogens is 378 g/mol. The van der Waals surface area contributed by atoms with E-state index in [1.165, 1.54) is 22.2 Å². The minimum Gasteiger partial charge on any atom is -0.353 e. The Morgan fingerprint density at radius 3 is 2.85 bits per heavy atom. The highest BCUT2D eigenvalue weighted by Gasteiger charge is 2.26. The zero-order valence-corrected chi connectivity index (χ0v) is 17.8. The van der Waals surface area contributed by atoms with Gasteiger partial charge in [-0.1, -0.05) is 32.5 Å². The van der Waals surface area contributed by atoms with Crippen molar-refractivity contribution in [2.45, 2.75) is 70.6 Å². The second-order valence-corrected chi connectivity index (χ2v) is 10.4. The van der Waals surface area contributed by atoms with E-state index in [0.29, 0.717) is 35.3 Å². The van der Waals surface area contributed by atoms with Crippen LogP contribution in [-0.4, -0.2) is 27.3 Å². The maximum absolute atomic E-state index is 13.3. The number of carbonyl (C=O) groups excluding carboxylic acids is 1. The average Bonchev–Trinajstić information content (AvgIpc) is 3.33. The van der Waals surface area contributed by atoms with Crippen molar-refractivity contribution in [3.05, 3.63) is 20.8 Å². The Kier molecular flexibility index (Phi) is 5.34. The maximum Gasteiger partial charge on any atom is 0.263 e. The Balaban J connectivity index is 1.70. The predicted octanol–water partition coefficient (Wildman–Crippen LogP) is 3.61. The van der Waals surface area contributed by atoms with Crippen molar-refractivity contribution in [3.8, 4) is 0 Å². The Hall–Kier alpha value is -1.34. The molecule has 2 aliphatic rings. The quantitative estimate of drug-likeness (QED) is 0.589. The van der Waals surface area contributed by atoms with Gasteiger partial charge in [-0.25, -0.2) is 4.98 Å². The molecule has 2 heterocycles. The number of thioether (sulfide) groups is 1. The van der Waals surface area contributed by atoms with Crippen LogP contribution in [0.15, 0.2) is 9.95 Å². The standard InChI is InChI=1S/C20H27N3O2S2/c1-11(2)9-23-19(25)17-14-7-4-12(3)8-15(14)27-18(17)22-20(23)26-10-16(24)21-13-5-6-13/h11-13H,4-10H2,1-3H3,(H,21,24). The van der Waals surface area contributed by atoms with E-state index in [4.69, 9.17) is 4.98 Å². The van der Waals surface area contributed by atoms with Crippen LogP contribution in [0.2, 0.25) is 0 Å². The van der Waals surface area contributed by atoms with Crippen LogP contribution in [-0.2, 0) is 24.2 Å². The molecule has 146 valence electrons. The molecule has 4 rings (SSSR count). The summed E-state index contributed by atoms with van der Waals surface area (Å²) in [6.07, 6.45) is 5.33. The summed E-state index contributed by atoms with van der Waals surface area (Å²) in [6.45, 7) is 7.12. The molecule has 2 aliphatic carbocycles. The first-order valence-corrected chi connectivity index (χ1v) is 11.7. The summed E-state index contributed by atoms with van der Waals surface area (Å²) >= 11 is 3.06. The van der Waals surface area contributed by atoms with Gasteiger partial charge < -0.3 is 5.32 Å². The number of amides is 1. The van der Waals surface area contributed by atoms with Crippen molar-refractivity contribution in [1.29, 1.82) is 0 Å². The molecule has 1 fully saturated rings. The lowest BCUT2D eigenvalue weighted by Gasteiger charge is -2.18. The Morgan fingerprint density at radius 1 is 1.37 bits per heavy atom. The lowest BCUT2D eigenvalue weighted by Crippen LogP contribution is -2.29. The van der Waals surface area contributed by atoms with Crippen LogP contribution in [0.1, 0.15) is 50.5 Å². The fraction of sp³-hybridized carbons (Fsp3) is 0.650. The summed E-state index contributed by atoms with van der Waals surface area (Å²) in [5.74, 6) is 1.36. The normalized spacial score (nSPS) is 19.5. The summed E-state index contributed by atoms with van der Waals surface area (Å²) in [4.78, 5) is 32.5. The summed E-state index contributed by atoms with van der Waals surface area (Å²) in [5.41, 5.74) is 1.30. The molecule has 0 saturated heterocycles. The number of thiophene rings is 1. The summed E-state index contributed by atoms with van der Waals surface area (Å²) < 4.78 is 1.80. The molecule has 0 radical (unpaired) electrons.